The summed E-state index contributed by atoms with van der Waals surface area (Å²) in [6, 6.07) is 3.37. The van der Waals surface area contributed by atoms with Gasteiger partial charge in [0.15, 0.2) is 0 Å². The molecule has 0 aliphatic rings. The standard InChI is InChI=1S/C8H7NO/c1-3-7-5-4-6-9(2)8(7)10/h1,4-6H,2H3. The Hall–Kier alpha value is -1.49. The third-order valence-corrected chi connectivity index (χ3v) is 1.28. The molecule has 1 heterocycles. The van der Waals surface area contributed by atoms with E-state index in [0.717, 1.165) is 0 Å². The Labute approximate surface area is 59.1 Å². The van der Waals surface area contributed by atoms with Gasteiger partial charge in [-0.3, -0.25) is 4.79 Å². The Bertz CT molecular complexity index is 330. The van der Waals surface area contributed by atoms with Gasteiger partial charge >= 0.3 is 0 Å². The lowest BCUT2D eigenvalue weighted by Crippen LogP contribution is -2.17. The van der Waals surface area contributed by atoms with Crippen LogP contribution in [0.1, 0.15) is 5.56 Å². The average molecular weight is 133 g/mol. The lowest BCUT2D eigenvalue weighted by Gasteiger charge is -1.94. The first-order chi connectivity index (χ1) is 4.75. The molecule has 0 N–H and O–H groups in total. The Morgan fingerprint density at radius 3 is 2.90 bits per heavy atom. The second kappa shape index (κ2) is 2.40. The lowest BCUT2D eigenvalue weighted by atomic mass is 10.3. The van der Waals surface area contributed by atoms with Gasteiger partial charge in [-0.05, 0) is 12.1 Å². The predicted molar refractivity (Wildman–Crippen MR) is 39.6 cm³/mol. The third-order valence-electron chi connectivity index (χ3n) is 1.28. The molecule has 0 spiro atoms. The van der Waals surface area contributed by atoms with Gasteiger partial charge in [-0.1, -0.05) is 5.92 Å². The fourth-order valence-corrected chi connectivity index (χ4v) is 0.707. The van der Waals surface area contributed by atoms with Crippen molar-refractivity contribution in [3.05, 3.63) is 34.2 Å². The Morgan fingerprint density at radius 1 is 1.70 bits per heavy atom. The maximum atomic E-state index is 11.0. The number of terminal acetylenes is 1. The monoisotopic (exact) mass is 133 g/mol. The number of hydrogen-bond acceptors (Lipinski definition) is 1. The second-order valence-electron chi connectivity index (χ2n) is 1.98. The van der Waals surface area contributed by atoms with Crippen molar-refractivity contribution in [1.29, 1.82) is 0 Å². The highest BCUT2D eigenvalue weighted by Crippen LogP contribution is 1.85. The smallest absolute Gasteiger partial charge is 0.266 e. The van der Waals surface area contributed by atoms with E-state index in [4.69, 9.17) is 6.42 Å². The summed E-state index contributed by atoms with van der Waals surface area (Å²) in [6.07, 6.45) is 6.73. The maximum absolute atomic E-state index is 11.0. The number of rotatable bonds is 0. The minimum absolute atomic E-state index is 0.120. The maximum Gasteiger partial charge on any atom is 0.266 e. The van der Waals surface area contributed by atoms with Crippen molar-refractivity contribution in [1.82, 2.24) is 4.57 Å². The largest absolute Gasteiger partial charge is 0.318 e. The number of pyridine rings is 1. The first-order valence-electron chi connectivity index (χ1n) is 2.88. The molecule has 0 radical (unpaired) electrons. The van der Waals surface area contributed by atoms with E-state index in [2.05, 4.69) is 5.92 Å². The molecule has 0 aliphatic heterocycles. The molecule has 2 nitrogen and oxygen atoms in total. The molecular weight excluding hydrogens is 126 g/mol. The van der Waals surface area contributed by atoms with Crippen LogP contribution in [0.4, 0.5) is 0 Å². The van der Waals surface area contributed by atoms with Gasteiger partial charge in [-0.2, -0.15) is 0 Å². The van der Waals surface area contributed by atoms with Crippen molar-refractivity contribution in [3.63, 3.8) is 0 Å². The van der Waals surface area contributed by atoms with Gasteiger partial charge in [-0.25, -0.2) is 0 Å². The van der Waals surface area contributed by atoms with Crippen molar-refractivity contribution in [2.75, 3.05) is 0 Å². The van der Waals surface area contributed by atoms with Crippen molar-refractivity contribution in [3.8, 4) is 12.3 Å². The van der Waals surface area contributed by atoms with E-state index in [0.29, 0.717) is 5.56 Å². The third kappa shape index (κ3) is 0.939. The summed E-state index contributed by atoms with van der Waals surface area (Å²) in [5, 5.41) is 0. The van der Waals surface area contributed by atoms with Crippen LogP contribution in [0, 0.1) is 12.3 Å². The summed E-state index contributed by atoms with van der Waals surface area (Å²) < 4.78 is 1.45. The zero-order valence-electron chi connectivity index (χ0n) is 5.66. The van der Waals surface area contributed by atoms with Crippen LogP contribution >= 0.6 is 0 Å². The van der Waals surface area contributed by atoms with Crippen LogP contribution in [0.3, 0.4) is 0 Å². The molecule has 0 atom stereocenters. The fourth-order valence-electron chi connectivity index (χ4n) is 0.707. The van der Waals surface area contributed by atoms with E-state index in [1.54, 1.807) is 25.4 Å². The van der Waals surface area contributed by atoms with Crippen LogP contribution < -0.4 is 5.56 Å². The Kier molecular flexibility index (Phi) is 1.59. The average Bonchev–Trinajstić information content (AvgIpc) is 1.95. The van der Waals surface area contributed by atoms with Gasteiger partial charge in [0.1, 0.15) is 0 Å². The zero-order chi connectivity index (χ0) is 7.56. The molecule has 0 bridgehead atoms. The van der Waals surface area contributed by atoms with Crippen LogP contribution in [0.15, 0.2) is 23.1 Å². The SMILES string of the molecule is C#Cc1cccn(C)c1=O. The van der Waals surface area contributed by atoms with Gasteiger partial charge in [0.25, 0.3) is 5.56 Å². The van der Waals surface area contributed by atoms with Crippen molar-refractivity contribution < 1.29 is 0 Å². The molecule has 2 heteroatoms. The zero-order valence-corrected chi connectivity index (χ0v) is 5.66. The lowest BCUT2D eigenvalue weighted by molar-refractivity contribution is 0.856. The summed E-state index contributed by atoms with van der Waals surface area (Å²) in [5.74, 6) is 2.30. The highest BCUT2D eigenvalue weighted by molar-refractivity contribution is 5.28. The van der Waals surface area contributed by atoms with Crippen LogP contribution in [0.25, 0.3) is 0 Å². The van der Waals surface area contributed by atoms with E-state index in [1.165, 1.54) is 4.57 Å². The molecule has 0 saturated carbocycles. The fraction of sp³-hybridized carbons (Fsp3) is 0.125. The molecule has 0 aromatic carbocycles. The molecule has 1 aromatic rings. The van der Waals surface area contributed by atoms with Crippen molar-refractivity contribution in [2.24, 2.45) is 7.05 Å². The summed E-state index contributed by atoms with van der Waals surface area (Å²) in [5.41, 5.74) is 0.287. The quantitative estimate of drug-likeness (QED) is 0.468. The normalized spacial score (nSPS) is 8.80. The van der Waals surface area contributed by atoms with Gasteiger partial charge in [0.2, 0.25) is 0 Å². The van der Waals surface area contributed by atoms with Gasteiger partial charge < -0.3 is 4.57 Å². The molecule has 0 saturated heterocycles. The molecule has 1 aromatic heterocycles. The van der Waals surface area contributed by atoms with Gasteiger partial charge in [0.05, 0.1) is 5.56 Å². The van der Waals surface area contributed by atoms with E-state index in [9.17, 15) is 4.79 Å². The highest BCUT2D eigenvalue weighted by Gasteiger charge is 1.93. The first-order valence-corrected chi connectivity index (χ1v) is 2.88. The molecule has 0 fully saturated rings. The van der Waals surface area contributed by atoms with Gasteiger partial charge in [0, 0.05) is 13.2 Å². The first kappa shape index (κ1) is 6.63. The predicted octanol–water partition coefficient (Wildman–Crippen LogP) is 0.367. The van der Waals surface area contributed by atoms with E-state index < -0.39 is 0 Å². The summed E-state index contributed by atoms with van der Waals surface area (Å²) in [7, 11) is 1.67. The number of nitrogens with zero attached hydrogens (tertiary/aromatic N) is 1. The van der Waals surface area contributed by atoms with Crippen molar-refractivity contribution >= 4 is 0 Å². The molecule has 0 amide bonds. The summed E-state index contributed by atoms with van der Waals surface area (Å²) >= 11 is 0. The Morgan fingerprint density at radius 2 is 2.40 bits per heavy atom. The molecule has 0 aliphatic carbocycles. The van der Waals surface area contributed by atoms with Crippen molar-refractivity contribution in [2.45, 2.75) is 0 Å². The van der Waals surface area contributed by atoms with E-state index in [1.807, 2.05) is 0 Å². The van der Waals surface area contributed by atoms with Crippen LogP contribution in [0.2, 0.25) is 0 Å². The van der Waals surface area contributed by atoms with Crippen LogP contribution in [-0.2, 0) is 7.05 Å². The molecule has 50 valence electrons. The molecule has 0 unspecified atom stereocenters. The summed E-state index contributed by atoms with van der Waals surface area (Å²) in [4.78, 5) is 11.0. The Balaban J connectivity index is 3.47. The number of aryl methyl sites for hydroxylation is 1. The van der Waals surface area contributed by atoms with Crippen LogP contribution in [0.5, 0.6) is 0 Å². The molecule has 1 rings (SSSR count). The number of hydrogen-bond donors (Lipinski definition) is 0. The second-order valence-corrected chi connectivity index (χ2v) is 1.98. The van der Waals surface area contributed by atoms with E-state index in [-0.39, 0.29) is 5.56 Å². The molecular formula is C8H7NO. The highest BCUT2D eigenvalue weighted by atomic mass is 16.1. The topological polar surface area (TPSA) is 22.0 Å². The molecule has 10 heavy (non-hydrogen) atoms. The minimum atomic E-state index is -0.120. The van der Waals surface area contributed by atoms with Crippen LogP contribution in [-0.4, -0.2) is 4.57 Å². The minimum Gasteiger partial charge on any atom is -0.318 e. The van der Waals surface area contributed by atoms with E-state index >= 15 is 0 Å². The summed E-state index contributed by atoms with van der Waals surface area (Å²) in [6.45, 7) is 0. The number of aromatic nitrogens is 1. The van der Waals surface area contributed by atoms with Gasteiger partial charge in [-0.15, -0.1) is 6.42 Å².